The first-order valence-corrected chi connectivity index (χ1v) is 6.34. The minimum atomic E-state index is -0.629. The highest BCUT2D eigenvalue weighted by Gasteiger charge is 2.09. The van der Waals surface area contributed by atoms with Crippen LogP contribution in [0.3, 0.4) is 0 Å². The lowest BCUT2D eigenvalue weighted by Gasteiger charge is -2.10. The Morgan fingerprint density at radius 1 is 1.19 bits per heavy atom. The molecule has 108 valence electrons. The minimum absolute atomic E-state index is 0.160. The molecule has 0 atom stereocenters. The molecule has 0 fully saturated rings. The van der Waals surface area contributed by atoms with Crippen molar-refractivity contribution in [3.05, 3.63) is 59.7 Å². The van der Waals surface area contributed by atoms with Crippen LogP contribution in [0.4, 0.5) is 10.5 Å². The molecule has 0 unspecified atom stereocenters. The molecule has 2 aromatic carbocycles. The maximum atomic E-state index is 11.8. The van der Waals surface area contributed by atoms with Crippen LogP contribution in [0.15, 0.2) is 48.5 Å². The molecule has 5 nitrogen and oxygen atoms in total. The Morgan fingerprint density at radius 2 is 1.95 bits per heavy atom. The van der Waals surface area contributed by atoms with Gasteiger partial charge in [0, 0.05) is 11.6 Å². The molecular formula is C16H15NO4. The van der Waals surface area contributed by atoms with Crippen molar-refractivity contribution in [2.75, 3.05) is 12.4 Å². The Bertz CT molecular complexity index is 625. The highest BCUT2D eigenvalue weighted by Crippen LogP contribution is 2.21. The quantitative estimate of drug-likeness (QED) is 0.856. The summed E-state index contributed by atoms with van der Waals surface area (Å²) in [4.78, 5) is 22.7. The molecule has 0 spiro atoms. The van der Waals surface area contributed by atoms with Crippen molar-refractivity contribution in [1.82, 2.24) is 0 Å². The number of anilines is 1. The highest BCUT2D eigenvalue weighted by atomic mass is 16.5. The van der Waals surface area contributed by atoms with Gasteiger partial charge in [-0.1, -0.05) is 30.3 Å². The average Bonchev–Trinajstić information content (AvgIpc) is 2.54. The normalized spacial score (nSPS) is 9.76. The lowest BCUT2D eigenvalue weighted by Crippen LogP contribution is -2.14. The Kier molecular flexibility index (Phi) is 4.93. The van der Waals surface area contributed by atoms with Gasteiger partial charge >= 0.3 is 6.09 Å². The number of amides is 1. The molecule has 0 saturated carbocycles. The summed E-state index contributed by atoms with van der Waals surface area (Å²) in [5, 5.41) is 2.53. The van der Waals surface area contributed by atoms with E-state index in [9.17, 15) is 9.59 Å². The molecule has 0 saturated heterocycles. The molecule has 0 aliphatic rings. The Morgan fingerprint density at radius 3 is 2.62 bits per heavy atom. The maximum Gasteiger partial charge on any atom is 0.411 e. The van der Waals surface area contributed by atoms with Crippen LogP contribution >= 0.6 is 0 Å². The third kappa shape index (κ3) is 4.07. The van der Waals surface area contributed by atoms with E-state index in [1.54, 1.807) is 18.2 Å². The Labute approximate surface area is 122 Å². The van der Waals surface area contributed by atoms with E-state index in [1.165, 1.54) is 7.11 Å². The third-order valence-corrected chi connectivity index (χ3v) is 2.84. The van der Waals surface area contributed by atoms with Crippen molar-refractivity contribution in [1.29, 1.82) is 0 Å². The van der Waals surface area contributed by atoms with Gasteiger partial charge in [-0.05, 0) is 17.7 Å². The first kappa shape index (κ1) is 14.6. The van der Waals surface area contributed by atoms with E-state index in [4.69, 9.17) is 9.47 Å². The van der Waals surface area contributed by atoms with Crippen molar-refractivity contribution < 1.29 is 19.1 Å². The van der Waals surface area contributed by atoms with E-state index in [1.807, 2.05) is 30.3 Å². The summed E-state index contributed by atoms with van der Waals surface area (Å²) >= 11 is 0. The largest absolute Gasteiger partial charge is 0.497 e. The first-order valence-electron chi connectivity index (χ1n) is 6.34. The lowest BCUT2D eigenvalue weighted by molar-refractivity contribution is 0.112. The van der Waals surface area contributed by atoms with Gasteiger partial charge < -0.3 is 9.47 Å². The van der Waals surface area contributed by atoms with Gasteiger partial charge in [-0.2, -0.15) is 0 Å². The summed E-state index contributed by atoms with van der Waals surface area (Å²) in [5.74, 6) is 0.541. The summed E-state index contributed by atoms with van der Waals surface area (Å²) in [6, 6.07) is 14.1. The van der Waals surface area contributed by atoms with Crippen LogP contribution in [-0.2, 0) is 11.3 Å². The van der Waals surface area contributed by atoms with Crippen LogP contribution in [0.25, 0.3) is 0 Å². The number of hydrogen-bond donors (Lipinski definition) is 1. The van der Waals surface area contributed by atoms with E-state index >= 15 is 0 Å². The van der Waals surface area contributed by atoms with E-state index in [0.717, 1.165) is 5.56 Å². The topological polar surface area (TPSA) is 64.6 Å². The molecular weight excluding hydrogens is 270 g/mol. The zero-order valence-electron chi connectivity index (χ0n) is 11.5. The van der Waals surface area contributed by atoms with Gasteiger partial charge in [-0.3, -0.25) is 10.1 Å². The van der Waals surface area contributed by atoms with Gasteiger partial charge in [-0.25, -0.2) is 4.79 Å². The predicted molar refractivity (Wildman–Crippen MR) is 78.6 cm³/mol. The van der Waals surface area contributed by atoms with E-state index in [-0.39, 0.29) is 6.61 Å². The number of hydrogen-bond acceptors (Lipinski definition) is 4. The lowest BCUT2D eigenvalue weighted by atomic mass is 10.2. The molecule has 2 rings (SSSR count). The van der Waals surface area contributed by atoms with Crippen LogP contribution in [-0.4, -0.2) is 19.5 Å². The number of aldehydes is 1. The highest BCUT2D eigenvalue weighted by molar-refractivity contribution is 5.93. The van der Waals surface area contributed by atoms with Gasteiger partial charge in [0.1, 0.15) is 12.4 Å². The van der Waals surface area contributed by atoms with Gasteiger partial charge in [0.25, 0.3) is 0 Å². The molecule has 5 heteroatoms. The standard InChI is InChI=1S/C16H15NO4/c1-20-14-8-7-13(10-18)15(9-14)17-16(19)21-11-12-5-3-2-4-6-12/h2-10H,11H2,1H3,(H,17,19). The average molecular weight is 285 g/mol. The molecule has 2 aromatic rings. The van der Waals surface area contributed by atoms with Crippen molar-refractivity contribution in [3.8, 4) is 5.75 Å². The molecule has 0 bridgehead atoms. The second kappa shape index (κ2) is 7.09. The van der Waals surface area contributed by atoms with Crippen LogP contribution in [0, 0.1) is 0 Å². The smallest absolute Gasteiger partial charge is 0.411 e. The number of nitrogens with one attached hydrogen (secondary N) is 1. The van der Waals surface area contributed by atoms with Gasteiger partial charge in [0.2, 0.25) is 0 Å². The third-order valence-electron chi connectivity index (χ3n) is 2.84. The number of carbonyl (C=O) groups excluding carboxylic acids is 2. The monoisotopic (exact) mass is 285 g/mol. The van der Waals surface area contributed by atoms with Crippen LogP contribution in [0.5, 0.6) is 5.75 Å². The van der Waals surface area contributed by atoms with E-state index < -0.39 is 6.09 Å². The molecule has 0 radical (unpaired) electrons. The van der Waals surface area contributed by atoms with Gasteiger partial charge in [0.05, 0.1) is 12.8 Å². The number of ether oxygens (including phenoxy) is 2. The zero-order chi connectivity index (χ0) is 15.1. The minimum Gasteiger partial charge on any atom is -0.497 e. The molecule has 1 amide bonds. The first-order chi connectivity index (χ1) is 10.2. The van der Waals surface area contributed by atoms with Crippen LogP contribution in [0.1, 0.15) is 15.9 Å². The fourth-order valence-electron chi connectivity index (χ4n) is 1.74. The molecule has 0 aliphatic heterocycles. The number of benzene rings is 2. The molecule has 21 heavy (non-hydrogen) atoms. The maximum absolute atomic E-state index is 11.8. The van der Waals surface area contributed by atoms with Crippen molar-refractivity contribution >= 4 is 18.1 Å². The van der Waals surface area contributed by atoms with E-state index in [0.29, 0.717) is 23.3 Å². The summed E-state index contributed by atoms with van der Waals surface area (Å²) in [6.45, 7) is 0.160. The Balaban J connectivity index is 2.00. The number of methoxy groups -OCH3 is 1. The van der Waals surface area contributed by atoms with E-state index in [2.05, 4.69) is 5.32 Å². The fourth-order valence-corrected chi connectivity index (χ4v) is 1.74. The Hall–Kier alpha value is -2.82. The summed E-state index contributed by atoms with van der Waals surface area (Å²) < 4.78 is 10.2. The summed E-state index contributed by atoms with van der Waals surface area (Å²) in [6.07, 6.45) is 0.0295. The fraction of sp³-hybridized carbons (Fsp3) is 0.125. The molecule has 0 aliphatic carbocycles. The second-order valence-corrected chi connectivity index (χ2v) is 4.26. The predicted octanol–water partition coefficient (Wildman–Crippen LogP) is 3.26. The van der Waals surface area contributed by atoms with Crippen molar-refractivity contribution in [2.24, 2.45) is 0 Å². The van der Waals surface area contributed by atoms with Crippen molar-refractivity contribution in [3.63, 3.8) is 0 Å². The SMILES string of the molecule is COc1ccc(C=O)c(NC(=O)OCc2ccccc2)c1. The number of rotatable bonds is 5. The van der Waals surface area contributed by atoms with Gasteiger partial charge in [-0.15, -0.1) is 0 Å². The zero-order valence-corrected chi connectivity index (χ0v) is 11.5. The summed E-state index contributed by atoms with van der Waals surface area (Å²) in [5.41, 5.74) is 1.59. The summed E-state index contributed by atoms with van der Waals surface area (Å²) in [7, 11) is 1.51. The van der Waals surface area contributed by atoms with Gasteiger partial charge in [0.15, 0.2) is 6.29 Å². The second-order valence-electron chi connectivity index (χ2n) is 4.26. The molecule has 0 aromatic heterocycles. The van der Waals surface area contributed by atoms with Crippen LogP contribution in [0.2, 0.25) is 0 Å². The molecule has 1 N–H and O–H groups in total. The number of carbonyl (C=O) groups is 2. The molecule has 0 heterocycles. The van der Waals surface area contributed by atoms with Crippen molar-refractivity contribution in [2.45, 2.75) is 6.61 Å². The van der Waals surface area contributed by atoms with Crippen LogP contribution < -0.4 is 10.1 Å².